The number of non-ortho nitro benzene ring substituents is 1. The number of carbonyl (C=O) groups is 2. The third-order valence-electron chi connectivity index (χ3n) is 4.13. The van der Waals surface area contributed by atoms with Crippen molar-refractivity contribution in [2.75, 3.05) is 5.32 Å². The molecule has 0 aromatic heterocycles. The van der Waals surface area contributed by atoms with Crippen LogP contribution in [0.3, 0.4) is 0 Å². The summed E-state index contributed by atoms with van der Waals surface area (Å²) < 4.78 is 44.3. The van der Waals surface area contributed by atoms with Gasteiger partial charge in [0.25, 0.3) is 11.6 Å². The van der Waals surface area contributed by atoms with E-state index in [1.807, 2.05) is 5.32 Å². The molecule has 0 saturated heterocycles. The van der Waals surface area contributed by atoms with Crippen LogP contribution in [-0.4, -0.2) is 22.9 Å². The van der Waals surface area contributed by atoms with Crippen LogP contribution in [0, 0.1) is 16.0 Å². The van der Waals surface area contributed by atoms with E-state index < -0.39 is 46.0 Å². The highest BCUT2D eigenvalue weighted by atomic mass is 19.4. The van der Waals surface area contributed by atoms with Gasteiger partial charge in [-0.15, -0.1) is 0 Å². The van der Waals surface area contributed by atoms with Gasteiger partial charge in [0.05, 0.1) is 22.1 Å². The summed E-state index contributed by atoms with van der Waals surface area (Å²) >= 11 is 0. The molecule has 26 heavy (non-hydrogen) atoms. The number of esters is 1. The predicted molar refractivity (Wildman–Crippen MR) is 84.2 cm³/mol. The fourth-order valence-electron chi connectivity index (χ4n) is 2.71. The van der Waals surface area contributed by atoms with Gasteiger partial charge in [-0.1, -0.05) is 12.8 Å². The van der Waals surface area contributed by atoms with Crippen molar-refractivity contribution in [3.8, 4) is 0 Å². The normalized spacial score (nSPS) is 16.2. The number of anilines is 1. The zero-order valence-corrected chi connectivity index (χ0v) is 13.8. The zero-order valence-electron chi connectivity index (χ0n) is 13.8. The van der Waals surface area contributed by atoms with Crippen molar-refractivity contribution in [2.24, 2.45) is 5.92 Å². The molecule has 1 fully saturated rings. The number of hydrogen-bond donors (Lipinski definition) is 1. The molecule has 1 saturated carbocycles. The minimum absolute atomic E-state index is 0.296. The molecular weight excluding hydrogens is 357 g/mol. The lowest BCUT2D eigenvalue weighted by molar-refractivity contribution is -0.385. The average Bonchev–Trinajstić information content (AvgIpc) is 3.08. The number of carbonyl (C=O) groups excluding carboxylic acids is 2. The number of rotatable bonds is 5. The first kappa shape index (κ1) is 19.7. The number of ether oxygens (including phenoxy) is 1. The highest BCUT2D eigenvalue weighted by molar-refractivity contribution is 5.96. The molecule has 2 rings (SSSR count). The molecule has 10 heteroatoms. The average molecular weight is 374 g/mol. The van der Waals surface area contributed by atoms with E-state index >= 15 is 0 Å². The van der Waals surface area contributed by atoms with E-state index in [1.165, 1.54) is 6.92 Å². The first-order chi connectivity index (χ1) is 12.1. The largest absolute Gasteiger partial charge is 0.452 e. The Balaban J connectivity index is 2.12. The number of nitrogens with zero attached hydrogens (tertiary/aromatic N) is 1. The maximum absolute atomic E-state index is 13.1. The summed E-state index contributed by atoms with van der Waals surface area (Å²) in [5, 5.41) is 12.7. The predicted octanol–water partition coefficient (Wildman–Crippen LogP) is 3.67. The second-order valence-electron chi connectivity index (χ2n) is 6.03. The molecule has 0 unspecified atom stereocenters. The van der Waals surface area contributed by atoms with Crippen molar-refractivity contribution >= 4 is 23.3 Å². The van der Waals surface area contributed by atoms with Gasteiger partial charge in [-0.25, -0.2) is 0 Å². The van der Waals surface area contributed by atoms with Gasteiger partial charge in [-0.3, -0.25) is 19.7 Å². The van der Waals surface area contributed by atoms with Crippen molar-refractivity contribution < 1.29 is 32.4 Å². The number of hydrogen-bond acceptors (Lipinski definition) is 5. The molecule has 1 aromatic carbocycles. The van der Waals surface area contributed by atoms with E-state index in [-0.39, 0.29) is 5.92 Å². The summed E-state index contributed by atoms with van der Waals surface area (Å²) in [6.07, 6.45) is -3.10. The van der Waals surface area contributed by atoms with Crippen molar-refractivity contribution in [3.05, 3.63) is 33.9 Å². The molecule has 0 bridgehead atoms. The van der Waals surface area contributed by atoms with Crippen LogP contribution in [0.15, 0.2) is 18.2 Å². The fraction of sp³-hybridized carbons (Fsp3) is 0.500. The molecule has 1 atom stereocenters. The second-order valence-corrected chi connectivity index (χ2v) is 6.03. The maximum Gasteiger partial charge on any atom is 0.418 e. The molecule has 142 valence electrons. The van der Waals surface area contributed by atoms with Gasteiger partial charge in [0.15, 0.2) is 6.10 Å². The minimum atomic E-state index is -4.90. The maximum atomic E-state index is 13.1. The quantitative estimate of drug-likeness (QED) is 0.482. The summed E-state index contributed by atoms with van der Waals surface area (Å²) in [6, 6.07) is 1.98. The Kier molecular flexibility index (Phi) is 5.83. The summed E-state index contributed by atoms with van der Waals surface area (Å²) in [7, 11) is 0. The van der Waals surface area contributed by atoms with Crippen LogP contribution in [-0.2, 0) is 20.5 Å². The zero-order chi connectivity index (χ0) is 19.5. The summed E-state index contributed by atoms with van der Waals surface area (Å²) in [5.41, 5.74) is -2.75. The number of nitro benzene ring substituents is 1. The van der Waals surface area contributed by atoms with Crippen LogP contribution in [0.4, 0.5) is 24.5 Å². The second kappa shape index (κ2) is 7.71. The smallest absolute Gasteiger partial charge is 0.418 e. The molecule has 7 nitrogen and oxygen atoms in total. The van der Waals surface area contributed by atoms with Crippen molar-refractivity contribution in [1.29, 1.82) is 0 Å². The number of nitro groups is 1. The number of amides is 1. The Morgan fingerprint density at radius 3 is 2.46 bits per heavy atom. The molecule has 1 aliphatic rings. The highest BCUT2D eigenvalue weighted by Crippen LogP contribution is 2.37. The third kappa shape index (κ3) is 4.70. The Hall–Kier alpha value is -2.65. The lowest BCUT2D eigenvalue weighted by Gasteiger charge is -2.18. The molecular formula is C16H17F3N2O5. The lowest BCUT2D eigenvalue weighted by Crippen LogP contribution is -2.32. The van der Waals surface area contributed by atoms with Gasteiger partial charge in [0.1, 0.15) is 0 Å². The Labute approximate surface area is 146 Å². The van der Waals surface area contributed by atoms with Gasteiger partial charge < -0.3 is 10.1 Å². The number of benzene rings is 1. The Morgan fingerprint density at radius 2 is 1.92 bits per heavy atom. The highest BCUT2D eigenvalue weighted by Gasteiger charge is 2.36. The SMILES string of the molecule is C[C@H](OC(=O)C1CCCC1)C(=O)Nc1ccc([N+](=O)[O-])cc1C(F)(F)F. The molecule has 0 radical (unpaired) electrons. The van der Waals surface area contributed by atoms with E-state index in [2.05, 4.69) is 0 Å². The van der Waals surface area contributed by atoms with E-state index in [1.54, 1.807) is 0 Å². The topological polar surface area (TPSA) is 98.5 Å². The molecule has 0 spiro atoms. The van der Waals surface area contributed by atoms with Gasteiger partial charge in [-0.2, -0.15) is 13.2 Å². The first-order valence-corrected chi connectivity index (χ1v) is 7.96. The van der Waals surface area contributed by atoms with Crippen LogP contribution >= 0.6 is 0 Å². The van der Waals surface area contributed by atoms with Crippen LogP contribution in [0.2, 0.25) is 0 Å². The molecule has 1 N–H and O–H groups in total. The van der Waals surface area contributed by atoms with E-state index in [0.717, 1.165) is 25.0 Å². The van der Waals surface area contributed by atoms with Gasteiger partial charge in [0.2, 0.25) is 0 Å². The third-order valence-corrected chi connectivity index (χ3v) is 4.13. The van der Waals surface area contributed by atoms with Gasteiger partial charge >= 0.3 is 12.1 Å². The monoisotopic (exact) mass is 374 g/mol. The number of halogens is 3. The van der Waals surface area contributed by atoms with Crippen LogP contribution in [0.25, 0.3) is 0 Å². The Morgan fingerprint density at radius 1 is 1.31 bits per heavy atom. The summed E-state index contributed by atoms with van der Waals surface area (Å²) in [4.78, 5) is 33.7. The van der Waals surface area contributed by atoms with Gasteiger partial charge in [-0.05, 0) is 25.8 Å². The van der Waals surface area contributed by atoms with Crippen LogP contribution < -0.4 is 5.32 Å². The van der Waals surface area contributed by atoms with Gasteiger partial charge in [0, 0.05) is 12.1 Å². The first-order valence-electron chi connectivity index (χ1n) is 7.96. The summed E-state index contributed by atoms with van der Waals surface area (Å²) in [6.45, 7) is 1.25. The van der Waals surface area contributed by atoms with Crippen LogP contribution in [0.5, 0.6) is 0 Å². The van der Waals surface area contributed by atoms with Crippen molar-refractivity contribution in [1.82, 2.24) is 0 Å². The lowest BCUT2D eigenvalue weighted by atomic mass is 10.1. The van der Waals surface area contributed by atoms with Crippen molar-refractivity contribution in [2.45, 2.75) is 44.9 Å². The molecule has 1 amide bonds. The molecule has 1 aromatic rings. The number of nitrogens with one attached hydrogen (secondary N) is 1. The molecule has 1 aliphatic carbocycles. The standard InChI is InChI=1S/C16H17F3N2O5/c1-9(26-15(23)10-4-2-3-5-10)14(22)20-13-7-6-11(21(24)25)8-12(13)16(17,18)19/h6-10H,2-5H2,1H3,(H,20,22)/t9-/m0/s1. The van der Waals surface area contributed by atoms with E-state index in [4.69, 9.17) is 4.74 Å². The van der Waals surface area contributed by atoms with E-state index in [0.29, 0.717) is 18.9 Å². The van der Waals surface area contributed by atoms with Crippen molar-refractivity contribution in [3.63, 3.8) is 0 Å². The number of alkyl halides is 3. The van der Waals surface area contributed by atoms with Crippen LogP contribution in [0.1, 0.15) is 38.2 Å². The Bertz CT molecular complexity index is 714. The summed E-state index contributed by atoms with van der Waals surface area (Å²) in [5.74, 6) is -1.80. The fourth-order valence-corrected chi connectivity index (χ4v) is 2.71. The molecule has 0 heterocycles. The minimum Gasteiger partial charge on any atom is -0.452 e. The van der Waals surface area contributed by atoms with E-state index in [9.17, 15) is 32.9 Å². The molecule has 0 aliphatic heterocycles.